The van der Waals surface area contributed by atoms with E-state index in [1.807, 2.05) is 60.7 Å². The molecule has 29 heavy (non-hydrogen) atoms. The predicted octanol–water partition coefficient (Wildman–Crippen LogP) is 1.69. The summed E-state index contributed by atoms with van der Waals surface area (Å²) in [5.41, 5.74) is 7.87. The Morgan fingerprint density at radius 2 is 1.66 bits per heavy atom. The zero-order chi connectivity index (χ0) is 21.1. The highest BCUT2D eigenvalue weighted by molar-refractivity contribution is 5.81. The van der Waals surface area contributed by atoms with Crippen LogP contribution in [0, 0.1) is 0 Å². The molecular weight excluding hydrogens is 370 g/mol. The molecule has 156 valence electrons. The third kappa shape index (κ3) is 7.93. The summed E-state index contributed by atoms with van der Waals surface area (Å²) in [5.74, 6) is -0.430. The standard InChI is InChI=1S/C22H29N3O4/c1-25(21(27)20(26)19(23)15-17-9-4-2-5-10-17)14-8-13-24-22(28)29-16-18-11-6-3-7-12-18/h2-7,9-12,19-20,26H,8,13-16,23H2,1H3,(H,24,28)/t19-,20+/m1/s1. The number of hydrogen-bond donors (Lipinski definition) is 3. The quantitative estimate of drug-likeness (QED) is 0.528. The first kappa shape index (κ1) is 22.4. The minimum absolute atomic E-state index is 0.205. The van der Waals surface area contributed by atoms with Crippen molar-refractivity contribution in [3.63, 3.8) is 0 Å². The third-order valence-electron chi connectivity index (χ3n) is 4.50. The van der Waals surface area contributed by atoms with Gasteiger partial charge in [-0.2, -0.15) is 0 Å². The Labute approximate surface area is 171 Å². The molecule has 0 aromatic heterocycles. The van der Waals surface area contributed by atoms with Crippen LogP contribution in [0.15, 0.2) is 60.7 Å². The Morgan fingerprint density at radius 3 is 2.28 bits per heavy atom. The molecule has 2 amide bonds. The van der Waals surface area contributed by atoms with Crippen molar-refractivity contribution in [3.8, 4) is 0 Å². The van der Waals surface area contributed by atoms with Gasteiger partial charge in [0.1, 0.15) is 12.7 Å². The van der Waals surface area contributed by atoms with Gasteiger partial charge in [0.25, 0.3) is 5.91 Å². The van der Waals surface area contributed by atoms with Crippen molar-refractivity contribution in [3.05, 3.63) is 71.8 Å². The van der Waals surface area contributed by atoms with Gasteiger partial charge in [-0.25, -0.2) is 4.79 Å². The topological polar surface area (TPSA) is 105 Å². The van der Waals surface area contributed by atoms with E-state index in [0.29, 0.717) is 25.9 Å². The molecular formula is C22H29N3O4. The van der Waals surface area contributed by atoms with Gasteiger partial charge < -0.3 is 25.8 Å². The number of amides is 2. The van der Waals surface area contributed by atoms with Crippen LogP contribution in [0.25, 0.3) is 0 Å². The largest absolute Gasteiger partial charge is 0.445 e. The summed E-state index contributed by atoms with van der Waals surface area (Å²) in [6.07, 6.45) is -0.837. The molecule has 4 N–H and O–H groups in total. The normalized spacial score (nSPS) is 12.7. The number of benzene rings is 2. The summed E-state index contributed by atoms with van der Waals surface area (Å²) in [6.45, 7) is 0.945. The number of rotatable bonds is 10. The molecule has 0 saturated carbocycles. The van der Waals surface area contributed by atoms with Crippen molar-refractivity contribution in [1.82, 2.24) is 10.2 Å². The van der Waals surface area contributed by atoms with E-state index in [9.17, 15) is 14.7 Å². The molecule has 0 heterocycles. The molecule has 0 unspecified atom stereocenters. The zero-order valence-corrected chi connectivity index (χ0v) is 16.7. The number of ether oxygens (including phenoxy) is 1. The summed E-state index contributed by atoms with van der Waals surface area (Å²) in [4.78, 5) is 25.5. The van der Waals surface area contributed by atoms with Gasteiger partial charge in [0.2, 0.25) is 0 Å². The maximum absolute atomic E-state index is 12.3. The lowest BCUT2D eigenvalue weighted by molar-refractivity contribution is -0.139. The first-order valence-electron chi connectivity index (χ1n) is 9.64. The zero-order valence-electron chi connectivity index (χ0n) is 16.7. The number of aliphatic hydroxyl groups is 1. The summed E-state index contributed by atoms with van der Waals surface area (Å²) >= 11 is 0. The summed E-state index contributed by atoms with van der Waals surface area (Å²) < 4.78 is 5.12. The Kier molecular flexibility index (Phi) is 9.14. The summed E-state index contributed by atoms with van der Waals surface area (Å²) in [7, 11) is 1.61. The van der Waals surface area contributed by atoms with Crippen LogP contribution in [-0.2, 0) is 22.6 Å². The molecule has 0 fully saturated rings. The lowest BCUT2D eigenvalue weighted by Gasteiger charge is -2.24. The average molecular weight is 399 g/mol. The number of hydrogen-bond acceptors (Lipinski definition) is 5. The predicted molar refractivity (Wildman–Crippen MR) is 111 cm³/mol. The fourth-order valence-electron chi connectivity index (χ4n) is 2.80. The van der Waals surface area contributed by atoms with Gasteiger partial charge in [-0.1, -0.05) is 60.7 Å². The van der Waals surface area contributed by atoms with E-state index in [1.54, 1.807) is 7.05 Å². The SMILES string of the molecule is CN(CCCNC(=O)OCc1ccccc1)C(=O)[C@@H](O)[C@H](N)Cc1ccccc1. The maximum Gasteiger partial charge on any atom is 0.407 e. The van der Waals surface area contributed by atoms with Gasteiger partial charge in [0.15, 0.2) is 0 Å². The maximum atomic E-state index is 12.3. The number of aliphatic hydroxyl groups excluding tert-OH is 1. The highest BCUT2D eigenvalue weighted by atomic mass is 16.5. The van der Waals surface area contributed by atoms with Crippen LogP contribution < -0.4 is 11.1 Å². The minimum Gasteiger partial charge on any atom is -0.445 e. The van der Waals surface area contributed by atoms with Crippen LogP contribution in [0.4, 0.5) is 4.79 Å². The number of nitrogens with two attached hydrogens (primary N) is 1. The van der Waals surface area contributed by atoms with Crippen molar-refractivity contribution in [2.45, 2.75) is 31.6 Å². The van der Waals surface area contributed by atoms with Crippen molar-refractivity contribution in [1.29, 1.82) is 0 Å². The molecule has 2 aromatic rings. The molecule has 0 aliphatic heterocycles. The van der Waals surface area contributed by atoms with Gasteiger partial charge in [0.05, 0.1) is 0 Å². The molecule has 7 heteroatoms. The van der Waals surface area contributed by atoms with Crippen LogP contribution in [0.1, 0.15) is 17.5 Å². The van der Waals surface area contributed by atoms with Crippen LogP contribution in [-0.4, -0.2) is 54.3 Å². The van der Waals surface area contributed by atoms with Gasteiger partial charge in [-0.05, 0) is 24.0 Å². The highest BCUT2D eigenvalue weighted by Crippen LogP contribution is 2.07. The minimum atomic E-state index is -1.27. The van der Waals surface area contributed by atoms with E-state index in [0.717, 1.165) is 11.1 Å². The average Bonchev–Trinajstić information content (AvgIpc) is 2.75. The molecule has 0 spiro atoms. The second kappa shape index (κ2) is 11.8. The van der Waals surface area contributed by atoms with Gasteiger partial charge in [-0.3, -0.25) is 4.79 Å². The fraction of sp³-hybridized carbons (Fsp3) is 0.364. The van der Waals surface area contributed by atoms with E-state index in [1.165, 1.54) is 4.90 Å². The highest BCUT2D eigenvalue weighted by Gasteiger charge is 2.25. The smallest absolute Gasteiger partial charge is 0.407 e. The molecule has 7 nitrogen and oxygen atoms in total. The van der Waals surface area contributed by atoms with Gasteiger partial charge >= 0.3 is 6.09 Å². The molecule has 0 aliphatic rings. The van der Waals surface area contributed by atoms with Crippen LogP contribution >= 0.6 is 0 Å². The van der Waals surface area contributed by atoms with Crippen LogP contribution in [0.3, 0.4) is 0 Å². The lowest BCUT2D eigenvalue weighted by Crippen LogP contribution is -2.48. The Bertz CT molecular complexity index is 755. The van der Waals surface area contributed by atoms with Crippen LogP contribution in [0.5, 0.6) is 0 Å². The molecule has 0 radical (unpaired) electrons. The molecule has 0 bridgehead atoms. The van der Waals surface area contributed by atoms with Crippen molar-refractivity contribution in [2.24, 2.45) is 5.73 Å². The van der Waals surface area contributed by atoms with Gasteiger partial charge in [-0.15, -0.1) is 0 Å². The first-order valence-corrected chi connectivity index (χ1v) is 9.64. The third-order valence-corrected chi connectivity index (χ3v) is 4.50. The molecule has 2 atom stereocenters. The van der Waals surface area contributed by atoms with Crippen molar-refractivity contribution < 1.29 is 19.4 Å². The Balaban J connectivity index is 1.64. The van der Waals surface area contributed by atoms with E-state index in [2.05, 4.69) is 5.32 Å². The fourth-order valence-corrected chi connectivity index (χ4v) is 2.80. The second-order valence-corrected chi connectivity index (χ2v) is 6.90. The summed E-state index contributed by atoms with van der Waals surface area (Å²) in [6, 6.07) is 18.2. The summed E-state index contributed by atoms with van der Waals surface area (Å²) in [5, 5.41) is 12.9. The van der Waals surface area contributed by atoms with Gasteiger partial charge in [0, 0.05) is 26.2 Å². The van der Waals surface area contributed by atoms with Crippen molar-refractivity contribution >= 4 is 12.0 Å². The first-order chi connectivity index (χ1) is 14.0. The second-order valence-electron chi connectivity index (χ2n) is 6.90. The number of nitrogens with one attached hydrogen (secondary N) is 1. The van der Waals surface area contributed by atoms with Crippen LogP contribution in [0.2, 0.25) is 0 Å². The number of alkyl carbamates (subject to hydrolysis) is 1. The number of likely N-dealkylation sites (N-methyl/N-ethyl adjacent to an activating group) is 1. The van der Waals surface area contributed by atoms with E-state index in [4.69, 9.17) is 10.5 Å². The number of carbonyl (C=O) groups is 2. The lowest BCUT2D eigenvalue weighted by atomic mass is 10.0. The Hall–Kier alpha value is -2.90. The molecule has 0 saturated heterocycles. The van der Waals surface area contributed by atoms with E-state index >= 15 is 0 Å². The molecule has 0 aliphatic carbocycles. The number of carbonyl (C=O) groups excluding carboxylic acids is 2. The molecule has 2 rings (SSSR count). The monoisotopic (exact) mass is 399 g/mol. The molecule has 2 aromatic carbocycles. The van der Waals surface area contributed by atoms with E-state index < -0.39 is 24.1 Å². The number of nitrogens with zero attached hydrogens (tertiary/aromatic N) is 1. The Morgan fingerprint density at radius 1 is 1.07 bits per heavy atom. The van der Waals surface area contributed by atoms with E-state index in [-0.39, 0.29) is 6.61 Å². The van der Waals surface area contributed by atoms with Crippen molar-refractivity contribution in [2.75, 3.05) is 20.1 Å².